The van der Waals surface area contributed by atoms with Crippen molar-refractivity contribution in [3.8, 4) is 0 Å². The molecule has 1 fully saturated rings. The van der Waals surface area contributed by atoms with E-state index in [4.69, 9.17) is 26.6 Å². The van der Waals surface area contributed by atoms with E-state index < -0.39 is 17.6 Å². The lowest BCUT2D eigenvalue weighted by atomic mass is 9.95. The largest absolute Gasteiger partial charge is 0.377 e. The Morgan fingerprint density at radius 2 is 2.32 bits per heavy atom. The Labute approximate surface area is 148 Å². The number of methoxy groups -OCH3 is 1. The van der Waals surface area contributed by atoms with Crippen molar-refractivity contribution in [2.24, 2.45) is 11.7 Å². The van der Waals surface area contributed by atoms with Gasteiger partial charge in [-0.3, -0.25) is 9.69 Å². The first kappa shape index (κ1) is 17.8. The van der Waals surface area contributed by atoms with Crippen molar-refractivity contribution in [1.29, 1.82) is 0 Å². The molecule has 9 heteroatoms. The molecule has 1 aliphatic heterocycles. The normalized spacial score (nSPS) is 20.9. The maximum absolute atomic E-state index is 14.1. The van der Waals surface area contributed by atoms with Crippen LogP contribution in [0.3, 0.4) is 0 Å². The number of amides is 1. The quantitative estimate of drug-likeness (QED) is 0.834. The first-order chi connectivity index (χ1) is 12.0. The van der Waals surface area contributed by atoms with Gasteiger partial charge in [-0.1, -0.05) is 28.9 Å². The zero-order valence-electron chi connectivity index (χ0n) is 13.6. The third kappa shape index (κ3) is 3.81. The van der Waals surface area contributed by atoms with E-state index in [1.54, 1.807) is 12.1 Å². The number of nitrogens with zero attached hydrogens (tertiary/aromatic N) is 3. The van der Waals surface area contributed by atoms with Gasteiger partial charge in [0.15, 0.2) is 5.82 Å². The van der Waals surface area contributed by atoms with Crippen LogP contribution in [0.5, 0.6) is 0 Å². The van der Waals surface area contributed by atoms with E-state index in [2.05, 4.69) is 10.1 Å². The van der Waals surface area contributed by atoms with E-state index >= 15 is 0 Å². The van der Waals surface area contributed by atoms with Crippen LogP contribution in [0, 0.1) is 11.7 Å². The number of benzene rings is 1. The first-order valence-corrected chi connectivity index (χ1v) is 8.13. The van der Waals surface area contributed by atoms with Crippen LogP contribution in [0.1, 0.15) is 23.2 Å². The van der Waals surface area contributed by atoms with Crippen LogP contribution in [-0.4, -0.2) is 41.1 Å². The van der Waals surface area contributed by atoms with E-state index in [9.17, 15) is 9.18 Å². The number of carbonyl (C=O) groups is 1. The maximum Gasteiger partial charge on any atom is 0.231 e. The van der Waals surface area contributed by atoms with Gasteiger partial charge in [0.05, 0.1) is 16.9 Å². The van der Waals surface area contributed by atoms with Gasteiger partial charge in [0.25, 0.3) is 0 Å². The topological polar surface area (TPSA) is 94.5 Å². The summed E-state index contributed by atoms with van der Waals surface area (Å²) in [5.74, 6) is -0.991. The first-order valence-electron chi connectivity index (χ1n) is 7.75. The summed E-state index contributed by atoms with van der Waals surface area (Å²) in [4.78, 5) is 18.0. The number of likely N-dealkylation sites (tertiary alicyclic amines) is 1. The molecule has 0 radical (unpaired) electrons. The number of nitrogens with two attached hydrogens (primary N) is 1. The van der Waals surface area contributed by atoms with Gasteiger partial charge in [0.2, 0.25) is 11.8 Å². The van der Waals surface area contributed by atoms with E-state index in [1.807, 2.05) is 4.90 Å². The van der Waals surface area contributed by atoms with Crippen molar-refractivity contribution in [2.75, 3.05) is 20.2 Å². The van der Waals surface area contributed by atoms with Crippen LogP contribution in [0.25, 0.3) is 0 Å². The highest BCUT2D eigenvalue weighted by Gasteiger charge is 2.40. The number of halogens is 2. The molecule has 0 saturated carbocycles. The Bertz CT molecular complexity index is 770. The van der Waals surface area contributed by atoms with Crippen molar-refractivity contribution in [1.82, 2.24) is 15.0 Å². The van der Waals surface area contributed by atoms with E-state index in [-0.39, 0.29) is 17.5 Å². The second-order valence-electron chi connectivity index (χ2n) is 6.00. The minimum Gasteiger partial charge on any atom is -0.377 e. The maximum atomic E-state index is 14.1. The van der Waals surface area contributed by atoms with E-state index in [1.165, 1.54) is 13.2 Å². The molecular formula is C16H18ClFN4O3. The molecule has 1 aliphatic rings. The number of carbonyl (C=O) groups excluding carboxylic acids is 1. The van der Waals surface area contributed by atoms with Gasteiger partial charge in [-0.25, -0.2) is 4.39 Å². The van der Waals surface area contributed by atoms with Gasteiger partial charge in [0.1, 0.15) is 12.4 Å². The molecule has 1 aromatic heterocycles. The van der Waals surface area contributed by atoms with Crippen LogP contribution in [-0.2, 0) is 22.7 Å². The van der Waals surface area contributed by atoms with Crippen molar-refractivity contribution >= 4 is 17.5 Å². The summed E-state index contributed by atoms with van der Waals surface area (Å²) in [7, 11) is 1.53. The fourth-order valence-corrected chi connectivity index (χ4v) is 3.26. The van der Waals surface area contributed by atoms with E-state index in [0.717, 1.165) is 0 Å². The smallest absolute Gasteiger partial charge is 0.231 e. The van der Waals surface area contributed by atoms with Crippen LogP contribution >= 0.6 is 11.6 Å². The molecule has 1 amide bonds. The summed E-state index contributed by atoms with van der Waals surface area (Å²) in [5.41, 5.74) is 5.99. The van der Waals surface area contributed by atoms with Gasteiger partial charge in [-0.05, 0) is 6.07 Å². The summed E-state index contributed by atoms with van der Waals surface area (Å²) in [6, 6.07) is 4.85. The lowest BCUT2D eigenvalue weighted by Crippen LogP contribution is -2.29. The molecule has 0 bridgehead atoms. The van der Waals surface area contributed by atoms with Crippen molar-refractivity contribution in [3.05, 3.63) is 46.3 Å². The predicted octanol–water partition coefficient (Wildman–Crippen LogP) is 1.71. The predicted molar refractivity (Wildman–Crippen MR) is 87.1 cm³/mol. The summed E-state index contributed by atoms with van der Waals surface area (Å²) < 4.78 is 24.3. The molecule has 2 atom stereocenters. The van der Waals surface area contributed by atoms with Gasteiger partial charge in [0, 0.05) is 32.3 Å². The van der Waals surface area contributed by atoms with Gasteiger partial charge in [-0.15, -0.1) is 0 Å². The Hall–Kier alpha value is -2.03. The number of hydrogen-bond acceptors (Lipinski definition) is 6. The second-order valence-corrected chi connectivity index (χ2v) is 6.41. The molecule has 1 saturated heterocycles. The number of aromatic nitrogens is 2. The highest BCUT2D eigenvalue weighted by Crippen LogP contribution is 2.33. The van der Waals surface area contributed by atoms with Gasteiger partial charge in [-0.2, -0.15) is 4.98 Å². The molecule has 134 valence electrons. The summed E-state index contributed by atoms with van der Waals surface area (Å²) >= 11 is 5.82. The fourth-order valence-electron chi connectivity index (χ4n) is 3.07. The molecule has 2 heterocycles. The van der Waals surface area contributed by atoms with Crippen molar-refractivity contribution < 1.29 is 18.4 Å². The molecule has 7 nitrogen and oxygen atoms in total. The average molecular weight is 369 g/mol. The summed E-state index contributed by atoms with van der Waals surface area (Å²) in [6.07, 6.45) is 0. The zero-order chi connectivity index (χ0) is 18.0. The molecule has 2 aromatic rings. The third-order valence-corrected chi connectivity index (χ3v) is 4.55. The number of ether oxygens (including phenoxy) is 1. The Morgan fingerprint density at radius 1 is 1.52 bits per heavy atom. The van der Waals surface area contributed by atoms with Crippen molar-refractivity contribution in [2.45, 2.75) is 19.1 Å². The molecule has 25 heavy (non-hydrogen) atoms. The Morgan fingerprint density at radius 3 is 3.04 bits per heavy atom. The summed E-state index contributed by atoms with van der Waals surface area (Å²) in [5, 5.41) is 3.89. The second kappa shape index (κ2) is 7.47. The third-order valence-electron chi connectivity index (χ3n) is 4.26. The highest BCUT2D eigenvalue weighted by atomic mass is 35.5. The van der Waals surface area contributed by atoms with Crippen LogP contribution in [0.2, 0.25) is 5.02 Å². The average Bonchev–Trinajstić information content (AvgIpc) is 3.19. The van der Waals surface area contributed by atoms with Gasteiger partial charge < -0.3 is 15.0 Å². The molecule has 1 aromatic carbocycles. The molecule has 2 unspecified atom stereocenters. The van der Waals surface area contributed by atoms with Crippen LogP contribution in [0.4, 0.5) is 4.39 Å². The van der Waals surface area contributed by atoms with Crippen LogP contribution in [0.15, 0.2) is 22.7 Å². The number of rotatable bonds is 6. The minimum atomic E-state index is -0.488. The molecule has 3 rings (SSSR count). The fraction of sp³-hybridized carbons (Fsp3) is 0.438. The SMILES string of the molecule is COCc1noc(C2CN(Cc3cccc(Cl)c3F)CC2C(N)=O)n1. The highest BCUT2D eigenvalue weighted by molar-refractivity contribution is 6.30. The summed E-state index contributed by atoms with van der Waals surface area (Å²) in [6.45, 7) is 1.36. The number of primary amides is 1. The Balaban J connectivity index is 1.78. The monoisotopic (exact) mass is 368 g/mol. The van der Waals surface area contributed by atoms with E-state index in [0.29, 0.717) is 36.9 Å². The number of hydrogen-bond donors (Lipinski definition) is 1. The van der Waals surface area contributed by atoms with Crippen molar-refractivity contribution in [3.63, 3.8) is 0 Å². The zero-order valence-corrected chi connectivity index (χ0v) is 14.4. The lowest BCUT2D eigenvalue weighted by Gasteiger charge is -2.16. The minimum absolute atomic E-state index is 0.0702. The lowest BCUT2D eigenvalue weighted by molar-refractivity contribution is -0.121. The van der Waals surface area contributed by atoms with Crippen LogP contribution < -0.4 is 5.73 Å². The van der Waals surface area contributed by atoms with Gasteiger partial charge >= 0.3 is 0 Å². The molecule has 0 aliphatic carbocycles. The molecular weight excluding hydrogens is 351 g/mol. The standard InChI is InChI=1S/C16H18ClFN4O3/c1-24-8-13-20-16(25-21-13)11-7-22(6-10(11)15(19)23)5-9-3-2-4-12(17)14(9)18/h2-4,10-11H,5-8H2,1H3,(H2,19,23). The Kier molecular flexibility index (Phi) is 5.31. The molecule has 0 spiro atoms. The molecule has 2 N–H and O–H groups in total.